The second-order valence-electron chi connectivity index (χ2n) is 3.88. The van der Waals surface area contributed by atoms with E-state index in [2.05, 4.69) is 4.98 Å². The van der Waals surface area contributed by atoms with Gasteiger partial charge in [0.1, 0.15) is 5.82 Å². The number of halogens is 2. The lowest BCUT2D eigenvalue weighted by Gasteiger charge is -2.03. The molecule has 92 valence electrons. The van der Waals surface area contributed by atoms with Crippen molar-refractivity contribution in [3.63, 3.8) is 0 Å². The summed E-state index contributed by atoms with van der Waals surface area (Å²) in [6.45, 7) is 0.677. The molecule has 2 nitrogen and oxygen atoms in total. The number of nitrogens with zero attached hydrogens (tertiary/aromatic N) is 1. The summed E-state index contributed by atoms with van der Waals surface area (Å²) in [6.07, 6.45) is 0. The van der Waals surface area contributed by atoms with Crippen LogP contribution in [0.2, 0.25) is 0 Å². The fourth-order valence-electron chi connectivity index (χ4n) is 1.87. The van der Waals surface area contributed by atoms with Crippen molar-refractivity contribution in [1.29, 1.82) is 0 Å². The van der Waals surface area contributed by atoms with Crippen molar-refractivity contribution in [1.82, 2.24) is 9.55 Å². The van der Waals surface area contributed by atoms with E-state index in [1.54, 1.807) is 17.4 Å². The Labute approximate surface area is 126 Å². The summed E-state index contributed by atoms with van der Waals surface area (Å²) in [5.41, 5.74) is 1.69. The number of rotatable bonds is 2. The minimum Gasteiger partial charge on any atom is -0.331 e. The van der Waals surface area contributed by atoms with Crippen LogP contribution in [0.3, 0.4) is 0 Å². The van der Waals surface area contributed by atoms with Crippen LogP contribution in [0.25, 0.3) is 11.0 Å². The predicted molar refractivity (Wildman–Crippen MR) is 83.2 cm³/mol. The second kappa shape index (κ2) is 4.75. The Morgan fingerprint density at radius 1 is 1.44 bits per heavy atom. The fraction of sp³-hybridized carbons (Fsp3) is 0.0833. The van der Waals surface area contributed by atoms with Crippen molar-refractivity contribution in [2.75, 3.05) is 0 Å². The van der Waals surface area contributed by atoms with E-state index < -0.39 is 0 Å². The fourth-order valence-corrected chi connectivity index (χ4v) is 3.30. The lowest BCUT2D eigenvalue weighted by atomic mass is 10.3. The van der Waals surface area contributed by atoms with E-state index in [1.807, 2.05) is 44.7 Å². The summed E-state index contributed by atoms with van der Waals surface area (Å²) < 4.78 is 16.8. The van der Waals surface area contributed by atoms with Crippen LogP contribution in [-0.2, 0) is 6.54 Å². The average Bonchev–Trinajstić information content (AvgIpc) is 2.92. The zero-order chi connectivity index (χ0) is 12.7. The standard InChI is InChI=1S/C12H8FIN2S2/c13-8-4-11-10(5-9(8)14)15-12(17)16(11)6-7-2-1-3-18-7/h1-5H,6H2,(H,15,17). The molecule has 2 aromatic heterocycles. The number of benzene rings is 1. The van der Waals surface area contributed by atoms with Gasteiger partial charge in [0, 0.05) is 10.9 Å². The number of aromatic amines is 1. The molecule has 1 N–H and O–H groups in total. The van der Waals surface area contributed by atoms with Crippen molar-refractivity contribution < 1.29 is 4.39 Å². The van der Waals surface area contributed by atoms with Gasteiger partial charge in [-0.15, -0.1) is 11.3 Å². The normalized spacial score (nSPS) is 11.2. The molecule has 0 radical (unpaired) electrons. The third-order valence-electron chi connectivity index (χ3n) is 2.71. The van der Waals surface area contributed by atoms with E-state index in [0.29, 0.717) is 14.9 Å². The Morgan fingerprint density at radius 2 is 2.28 bits per heavy atom. The van der Waals surface area contributed by atoms with Crippen molar-refractivity contribution >= 4 is 57.2 Å². The second-order valence-corrected chi connectivity index (χ2v) is 6.46. The van der Waals surface area contributed by atoms with Gasteiger partial charge in [-0.3, -0.25) is 0 Å². The molecular weight excluding hydrogens is 382 g/mol. The molecule has 0 amide bonds. The van der Waals surface area contributed by atoms with Crippen LogP contribution >= 0.6 is 46.1 Å². The van der Waals surface area contributed by atoms with Gasteiger partial charge >= 0.3 is 0 Å². The highest BCUT2D eigenvalue weighted by Crippen LogP contribution is 2.22. The summed E-state index contributed by atoms with van der Waals surface area (Å²) in [5, 5.41) is 2.03. The van der Waals surface area contributed by atoms with E-state index in [1.165, 1.54) is 10.9 Å². The molecule has 0 spiro atoms. The maximum atomic E-state index is 13.7. The monoisotopic (exact) mass is 390 g/mol. The van der Waals surface area contributed by atoms with Gasteiger partial charge in [-0.05, 0) is 52.3 Å². The van der Waals surface area contributed by atoms with Crippen LogP contribution in [-0.4, -0.2) is 9.55 Å². The van der Waals surface area contributed by atoms with E-state index in [-0.39, 0.29) is 5.82 Å². The first-order valence-corrected chi connectivity index (χ1v) is 7.62. The number of thiophene rings is 1. The zero-order valence-electron chi connectivity index (χ0n) is 9.11. The minimum absolute atomic E-state index is 0.211. The van der Waals surface area contributed by atoms with Gasteiger partial charge in [0.25, 0.3) is 0 Å². The molecule has 0 aliphatic rings. The summed E-state index contributed by atoms with van der Waals surface area (Å²) in [6, 6.07) is 7.37. The minimum atomic E-state index is -0.211. The Hall–Kier alpha value is -0.730. The molecule has 0 unspecified atom stereocenters. The first-order chi connectivity index (χ1) is 8.65. The number of imidazole rings is 1. The number of H-pyrrole nitrogens is 1. The van der Waals surface area contributed by atoms with Gasteiger partial charge in [0.2, 0.25) is 0 Å². The maximum absolute atomic E-state index is 13.7. The third-order valence-corrected chi connectivity index (χ3v) is 4.72. The summed E-state index contributed by atoms with van der Waals surface area (Å²) in [5.74, 6) is -0.211. The molecule has 0 aliphatic heterocycles. The molecule has 3 aromatic rings. The van der Waals surface area contributed by atoms with E-state index in [9.17, 15) is 4.39 Å². The van der Waals surface area contributed by atoms with Gasteiger partial charge in [0.05, 0.1) is 21.1 Å². The number of hydrogen-bond donors (Lipinski definition) is 1. The maximum Gasteiger partial charge on any atom is 0.178 e. The Bertz CT molecular complexity index is 758. The van der Waals surface area contributed by atoms with Gasteiger partial charge in [0.15, 0.2) is 4.77 Å². The van der Waals surface area contributed by atoms with Crippen LogP contribution in [0.5, 0.6) is 0 Å². The molecule has 2 heterocycles. The number of aromatic nitrogens is 2. The topological polar surface area (TPSA) is 20.7 Å². The van der Waals surface area contributed by atoms with Crippen LogP contribution < -0.4 is 0 Å². The zero-order valence-corrected chi connectivity index (χ0v) is 12.9. The molecule has 18 heavy (non-hydrogen) atoms. The molecular formula is C12H8FIN2S2. The Balaban J connectivity index is 2.19. The summed E-state index contributed by atoms with van der Waals surface area (Å²) in [7, 11) is 0. The SMILES string of the molecule is Fc1cc2c(cc1I)[nH]c(=S)n2Cc1cccs1. The molecule has 0 saturated heterocycles. The Kier molecular flexibility index (Phi) is 3.25. The molecule has 0 saturated carbocycles. The summed E-state index contributed by atoms with van der Waals surface area (Å²) >= 11 is 8.95. The van der Waals surface area contributed by atoms with Crippen molar-refractivity contribution in [2.45, 2.75) is 6.54 Å². The first-order valence-electron chi connectivity index (χ1n) is 5.25. The highest BCUT2D eigenvalue weighted by molar-refractivity contribution is 14.1. The number of hydrogen-bond acceptors (Lipinski definition) is 2. The third kappa shape index (κ3) is 2.12. The average molecular weight is 390 g/mol. The first kappa shape index (κ1) is 12.3. The molecule has 1 aromatic carbocycles. The van der Waals surface area contributed by atoms with Crippen LogP contribution in [0.1, 0.15) is 4.88 Å². The smallest absolute Gasteiger partial charge is 0.178 e. The van der Waals surface area contributed by atoms with Crippen LogP contribution in [0.4, 0.5) is 4.39 Å². The molecule has 0 bridgehead atoms. The van der Waals surface area contributed by atoms with Gasteiger partial charge in [-0.1, -0.05) is 6.07 Å². The molecule has 0 aliphatic carbocycles. The molecule has 3 rings (SSSR count). The van der Waals surface area contributed by atoms with E-state index in [0.717, 1.165) is 11.0 Å². The molecule has 6 heteroatoms. The van der Waals surface area contributed by atoms with Crippen molar-refractivity contribution in [3.05, 3.63) is 48.7 Å². The highest BCUT2D eigenvalue weighted by Gasteiger charge is 2.09. The highest BCUT2D eigenvalue weighted by atomic mass is 127. The summed E-state index contributed by atoms with van der Waals surface area (Å²) in [4.78, 5) is 4.32. The molecule has 0 atom stereocenters. The van der Waals surface area contributed by atoms with Crippen molar-refractivity contribution in [3.8, 4) is 0 Å². The lowest BCUT2D eigenvalue weighted by molar-refractivity contribution is 0.621. The van der Waals surface area contributed by atoms with Gasteiger partial charge in [-0.25, -0.2) is 4.39 Å². The molecule has 0 fully saturated rings. The number of fused-ring (bicyclic) bond motifs is 1. The predicted octanol–water partition coefficient (Wildman–Crippen LogP) is 4.55. The number of nitrogens with one attached hydrogen (secondary N) is 1. The lowest BCUT2D eigenvalue weighted by Crippen LogP contribution is -1.98. The van der Waals surface area contributed by atoms with Gasteiger partial charge < -0.3 is 9.55 Å². The quantitative estimate of drug-likeness (QED) is 0.503. The van der Waals surface area contributed by atoms with Crippen LogP contribution in [0.15, 0.2) is 29.6 Å². The van der Waals surface area contributed by atoms with E-state index in [4.69, 9.17) is 12.2 Å². The van der Waals surface area contributed by atoms with E-state index >= 15 is 0 Å². The largest absolute Gasteiger partial charge is 0.331 e. The Morgan fingerprint density at radius 3 is 3.00 bits per heavy atom. The van der Waals surface area contributed by atoms with Crippen molar-refractivity contribution in [2.24, 2.45) is 0 Å². The van der Waals surface area contributed by atoms with Crippen LogP contribution in [0, 0.1) is 14.2 Å². The van der Waals surface area contributed by atoms with Gasteiger partial charge in [-0.2, -0.15) is 0 Å².